The summed E-state index contributed by atoms with van der Waals surface area (Å²) in [5.41, 5.74) is 1.79. The number of thiazole rings is 1. The Hall–Kier alpha value is -1.53. The Bertz CT molecular complexity index is 1390. The SMILES string of the molecule is CC1=CC[C@@H](C(C)=Cc2csc(C)n2)C(=O)C(=O)C[C@H](O[Si](C)(C)C(C)(C)C)C(C)(C)C(=O)[C@H](C)[C@@H](O[Si](C)(C)C(C)(C)C)[C@@H](C)CCC1. The first-order valence-electron chi connectivity index (χ1n) is 18.3. The van der Waals surface area contributed by atoms with Crippen molar-refractivity contribution in [1.82, 2.24) is 4.98 Å². The molecule has 278 valence electrons. The van der Waals surface area contributed by atoms with Gasteiger partial charge in [0.1, 0.15) is 5.78 Å². The molecule has 0 spiro atoms. The van der Waals surface area contributed by atoms with Crippen molar-refractivity contribution >= 4 is 51.4 Å². The second-order valence-corrected chi connectivity index (χ2v) is 29.0. The van der Waals surface area contributed by atoms with Crippen LogP contribution in [0.15, 0.2) is 22.6 Å². The molecule has 6 nitrogen and oxygen atoms in total. The molecule has 49 heavy (non-hydrogen) atoms. The van der Waals surface area contributed by atoms with Crippen molar-refractivity contribution in [1.29, 1.82) is 0 Å². The average molecular weight is 732 g/mol. The molecule has 1 aromatic heterocycles. The molecule has 0 saturated carbocycles. The molecule has 0 fully saturated rings. The summed E-state index contributed by atoms with van der Waals surface area (Å²) < 4.78 is 14.1. The summed E-state index contributed by atoms with van der Waals surface area (Å²) in [6.07, 6.45) is 6.13. The van der Waals surface area contributed by atoms with E-state index in [4.69, 9.17) is 8.85 Å². The van der Waals surface area contributed by atoms with Gasteiger partial charge in [-0.3, -0.25) is 14.4 Å². The fraction of sp³-hybridized carbons (Fsp3) is 0.750. The summed E-state index contributed by atoms with van der Waals surface area (Å²) in [6, 6.07) is 0. The smallest absolute Gasteiger partial charge is 0.205 e. The zero-order valence-electron chi connectivity index (χ0n) is 34.1. The number of hydrogen-bond acceptors (Lipinski definition) is 7. The Morgan fingerprint density at radius 1 is 0.959 bits per heavy atom. The quantitative estimate of drug-likeness (QED) is 0.165. The van der Waals surface area contributed by atoms with Crippen LogP contribution in [0.3, 0.4) is 0 Å². The van der Waals surface area contributed by atoms with Gasteiger partial charge < -0.3 is 8.85 Å². The number of aryl methyl sites for hydroxylation is 1. The third kappa shape index (κ3) is 11.2. The lowest BCUT2D eigenvalue weighted by molar-refractivity contribution is -0.145. The summed E-state index contributed by atoms with van der Waals surface area (Å²) >= 11 is 1.56. The van der Waals surface area contributed by atoms with Gasteiger partial charge in [0, 0.05) is 29.1 Å². The van der Waals surface area contributed by atoms with Crippen LogP contribution < -0.4 is 0 Å². The molecule has 0 radical (unpaired) electrons. The first-order valence-corrected chi connectivity index (χ1v) is 25.0. The molecule has 1 aliphatic rings. The first kappa shape index (κ1) is 43.6. The van der Waals surface area contributed by atoms with Crippen molar-refractivity contribution < 1.29 is 23.2 Å². The van der Waals surface area contributed by atoms with Gasteiger partial charge in [0.15, 0.2) is 16.6 Å². The van der Waals surface area contributed by atoms with E-state index in [1.807, 2.05) is 46.1 Å². The predicted molar refractivity (Wildman–Crippen MR) is 212 cm³/mol. The maximum atomic E-state index is 14.9. The van der Waals surface area contributed by atoms with E-state index in [1.165, 1.54) is 5.57 Å². The van der Waals surface area contributed by atoms with Crippen LogP contribution in [0.4, 0.5) is 0 Å². The van der Waals surface area contributed by atoms with Crippen LogP contribution in [-0.4, -0.2) is 51.2 Å². The Labute approximate surface area is 305 Å². The minimum absolute atomic E-state index is 0.0121. The number of allylic oxidation sites excluding steroid dienone is 3. The van der Waals surface area contributed by atoms with Gasteiger partial charge in [0.25, 0.3) is 0 Å². The van der Waals surface area contributed by atoms with E-state index in [0.717, 1.165) is 35.5 Å². The number of ketones is 3. The Morgan fingerprint density at radius 3 is 2.02 bits per heavy atom. The van der Waals surface area contributed by atoms with E-state index in [1.54, 1.807) is 11.3 Å². The third-order valence-electron chi connectivity index (χ3n) is 11.8. The van der Waals surface area contributed by atoms with E-state index >= 15 is 0 Å². The fourth-order valence-electron chi connectivity index (χ4n) is 6.13. The number of carbonyl (C=O) groups is 3. The summed E-state index contributed by atoms with van der Waals surface area (Å²) in [5.74, 6) is -1.74. The minimum Gasteiger partial charge on any atom is -0.413 e. The highest BCUT2D eigenvalue weighted by molar-refractivity contribution is 7.09. The summed E-state index contributed by atoms with van der Waals surface area (Å²) in [5, 5.41) is 2.76. The highest BCUT2D eigenvalue weighted by Gasteiger charge is 2.50. The Kier molecular flexibility index (Phi) is 14.6. The van der Waals surface area contributed by atoms with Crippen molar-refractivity contribution in [3.8, 4) is 0 Å². The zero-order valence-corrected chi connectivity index (χ0v) is 36.9. The molecule has 0 bridgehead atoms. The normalized spacial score (nSPS) is 26.6. The molecule has 0 unspecified atom stereocenters. The Morgan fingerprint density at radius 2 is 1.51 bits per heavy atom. The number of rotatable bonds is 6. The molecule has 0 aromatic carbocycles. The van der Waals surface area contributed by atoms with Crippen molar-refractivity contribution in [2.75, 3.05) is 0 Å². The molecule has 0 saturated heterocycles. The number of Topliss-reactive ketones (excluding diaryl/α,β-unsaturated/α-hetero) is 3. The monoisotopic (exact) mass is 731 g/mol. The van der Waals surface area contributed by atoms with Gasteiger partial charge in [0.05, 0.1) is 22.9 Å². The topological polar surface area (TPSA) is 82.6 Å². The third-order valence-corrected chi connectivity index (χ3v) is 21.6. The standard InChI is InChI=1S/C40H69NO5SSi2/c1-26-19-18-20-27(2)36(46-49(16,17)39(9,10)11)29(4)37(44)40(12,13)34(45-48(14,15)38(6,7)8)24-33(42)35(43)32(22-21-26)28(3)23-31-25-47-30(5)41-31/h21,23,25,27,29,32,34,36H,18-20,22,24H2,1-17H3/t27-,29+,32-,34-,36-/m0/s1. The first-order chi connectivity index (χ1) is 22.1. The Balaban J connectivity index is 2.73. The van der Waals surface area contributed by atoms with Crippen LogP contribution in [-0.2, 0) is 23.2 Å². The molecule has 0 N–H and O–H groups in total. The lowest BCUT2D eigenvalue weighted by atomic mass is 9.72. The van der Waals surface area contributed by atoms with Gasteiger partial charge in [-0.15, -0.1) is 11.3 Å². The van der Waals surface area contributed by atoms with E-state index in [-0.39, 0.29) is 34.3 Å². The number of hydrogen-bond donors (Lipinski definition) is 0. The lowest BCUT2D eigenvalue weighted by Crippen LogP contribution is -2.54. The van der Waals surface area contributed by atoms with Gasteiger partial charge in [0.2, 0.25) is 11.6 Å². The van der Waals surface area contributed by atoms with Crippen molar-refractivity contribution in [3.05, 3.63) is 33.3 Å². The zero-order chi connectivity index (χ0) is 37.9. The second-order valence-electron chi connectivity index (χ2n) is 18.5. The highest BCUT2D eigenvalue weighted by atomic mass is 32.1. The summed E-state index contributed by atoms with van der Waals surface area (Å²) in [6.45, 7) is 36.0. The van der Waals surface area contributed by atoms with Crippen LogP contribution in [0.5, 0.6) is 0 Å². The lowest BCUT2D eigenvalue weighted by Gasteiger charge is -2.46. The van der Waals surface area contributed by atoms with Crippen LogP contribution in [0.1, 0.15) is 126 Å². The number of carbonyl (C=O) groups excluding carboxylic acids is 3. The molecular weight excluding hydrogens is 663 g/mol. The van der Waals surface area contributed by atoms with Crippen LogP contribution in [0.2, 0.25) is 36.3 Å². The molecule has 2 rings (SSSR count). The fourth-order valence-corrected chi connectivity index (χ4v) is 9.61. The van der Waals surface area contributed by atoms with Gasteiger partial charge >= 0.3 is 0 Å². The molecule has 0 aliphatic heterocycles. The van der Waals surface area contributed by atoms with Gasteiger partial charge in [-0.05, 0) is 94.7 Å². The molecule has 9 heteroatoms. The molecule has 1 aromatic rings. The van der Waals surface area contributed by atoms with Crippen LogP contribution >= 0.6 is 11.3 Å². The average Bonchev–Trinajstić information content (AvgIpc) is 3.36. The maximum Gasteiger partial charge on any atom is 0.205 e. The number of nitrogens with zero attached hydrogens (tertiary/aromatic N) is 1. The van der Waals surface area contributed by atoms with Gasteiger partial charge in [-0.25, -0.2) is 4.98 Å². The van der Waals surface area contributed by atoms with E-state index in [9.17, 15) is 14.4 Å². The molecule has 0 amide bonds. The molecule has 1 heterocycles. The molecule has 1 aliphatic carbocycles. The van der Waals surface area contributed by atoms with Crippen molar-refractivity contribution in [2.45, 2.75) is 171 Å². The largest absolute Gasteiger partial charge is 0.413 e. The van der Waals surface area contributed by atoms with Crippen LogP contribution in [0, 0.1) is 30.1 Å². The second kappa shape index (κ2) is 16.4. The van der Waals surface area contributed by atoms with Crippen LogP contribution in [0.25, 0.3) is 6.08 Å². The summed E-state index contributed by atoms with van der Waals surface area (Å²) in [7, 11) is -4.70. The van der Waals surface area contributed by atoms with Gasteiger partial charge in [-0.1, -0.05) is 86.5 Å². The van der Waals surface area contributed by atoms with Crippen molar-refractivity contribution in [3.63, 3.8) is 0 Å². The van der Waals surface area contributed by atoms with E-state index < -0.39 is 51.6 Å². The molecular formula is C40H69NO5SSi2. The van der Waals surface area contributed by atoms with Gasteiger partial charge in [-0.2, -0.15) is 0 Å². The van der Waals surface area contributed by atoms with Crippen molar-refractivity contribution in [2.24, 2.45) is 23.2 Å². The number of aromatic nitrogens is 1. The summed E-state index contributed by atoms with van der Waals surface area (Å²) in [4.78, 5) is 47.8. The van der Waals surface area contributed by atoms with E-state index in [2.05, 4.69) is 92.6 Å². The highest BCUT2D eigenvalue weighted by Crippen LogP contribution is 2.44. The van der Waals surface area contributed by atoms with E-state index in [0.29, 0.717) is 6.42 Å². The predicted octanol–water partition coefficient (Wildman–Crippen LogP) is 11.2. The maximum absolute atomic E-state index is 14.9. The molecule has 5 atom stereocenters. The minimum atomic E-state index is -2.47.